The third-order valence-corrected chi connectivity index (χ3v) is 14.0. The fourth-order valence-electron chi connectivity index (χ4n) is 9.79. The minimum atomic E-state index is -0.503. The fraction of sp³-hybridized carbons (Fsp3) is 0.519. The fourth-order valence-corrected chi connectivity index (χ4v) is 10.1. The summed E-state index contributed by atoms with van der Waals surface area (Å²) in [4.78, 5) is 64.3. The molecular formula is C52H65BrN12O5. The first kappa shape index (κ1) is 49.1. The zero-order valence-electron chi connectivity index (χ0n) is 40.6. The van der Waals surface area contributed by atoms with E-state index in [1.165, 1.54) is 5.56 Å². The molecule has 1 saturated carbocycles. The van der Waals surface area contributed by atoms with Crippen LogP contribution < -0.4 is 25.8 Å². The standard InChI is InChI=1S/C26H33BrN6O3.C21H24N6O.C5H8O/c1-26(2,3)36-25(34)29-18-9-11-32(12-10-18)22-16-28-15-20(30-22)24-19-14-17(27)7-8-21(19)33(31-24)23-6-4-5-13-35-23;22-15-5-8-26(9-6-15)19-13-23-12-18(25-19)21-17-10-16(4-3-14(17)11-24-21)27-7-1-2-20(27)28;6-5-3-1-2-4-5/h7-8,14-16,18,23H,4-6,9-13H2,1-3H3,(H,29,34);3-4,10,12-13,15H,1-2,5-9,11,22H2;1-4H2. The number of ether oxygens (including phenoxy) is 2. The zero-order valence-corrected chi connectivity index (χ0v) is 42.2. The lowest BCUT2D eigenvalue weighted by Crippen LogP contribution is -2.46. The Morgan fingerprint density at radius 2 is 1.50 bits per heavy atom. The third kappa shape index (κ3) is 12.0. The molecule has 0 bridgehead atoms. The van der Waals surface area contributed by atoms with Gasteiger partial charge in [-0.2, -0.15) is 5.10 Å². The second-order valence-electron chi connectivity index (χ2n) is 19.9. The lowest BCUT2D eigenvalue weighted by Gasteiger charge is -2.33. The van der Waals surface area contributed by atoms with E-state index in [2.05, 4.69) is 65.3 Å². The van der Waals surface area contributed by atoms with Crippen molar-refractivity contribution >= 4 is 67.7 Å². The highest BCUT2D eigenvalue weighted by molar-refractivity contribution is 9.10. The third-order valence-electron chi connectivity index (χ3n) is 13.5. The van der Waals surface area contributed by atoms with Crippen molar-refractivity contribution in [1.29, 1.82) is 0 Å². The van der Waals surface area contributed by atoms with E-state index in [0.29, 0.717) is 18.7 Å². The van der Waals surface area contributed by atoms with E-state index in [-0.39, 0.29) is 30.3 Å². The first-order chi connectivity index (χ1) is 33.8. The van der Waals surface area contributed by atoms with Crippen molar-refractivity contribution in [1.82, 2.24) is 35.0 Å². The number of fused-ring (bicyclic) bond motifs is 2. The molecule has 1 unspecified atom stereocenters. The van der Waals surface area contributed by atoms with Crippen LogP contribution in [0, 0.1) is 0 Å². The molecule has 18 heteroatoms. The number of amides is 2. The number of piperidine rings is 2. The number of hydrogen-bond acceptors (Lipinski definition) is 14. The second kappa shape index (κ2) is 22.1. The number of ketones is 1. The predicted octanol–water partition coefficient (Wildman–Crippen LogP) is 8.46. The van der Waals surface area contributed by atoms with Crippen LogP contribution in [-0.2, 0) is 25.6 Å². The van der Waals surface area contributed by atoms with Crippen LogP contribution in [0.25, 0.3) is 22.3 Å². The maximum absolute atomic E-state index is 12.1. The van der Waals surface area contributed by atoms with Crippen LogP contribution in [-0.4, -0.2) is 110 Å². The molecular weight excluding hydrogens is 953 g/mol. The molecule has 11 rings (SSSR count). The Morgan fingerprint density at radius 3 is 2.14 bits per heavy atom. The van der Waals surface area contributed by atoms with E-state index in [0.717, 1.165) is 177 Å². The lowest BCUT2D eigenvalue weighted by molar-refractivity contribution is -0.118. The molecule has 3 N–H and O–H groups in total. The SMILES string of the molecule is CC(C)(C)OC(=O)NC1CCN(c2cncc(-c3nn(C4CCCCO4)c4ccc(Br)cc34)n2)CC1.NC1CCN(c2cncc(C3=NCc4ccc(N5CCCC5=O)cc43)n2)CC1.O=C1CCCC1. The summed E-state index contributed by atoms with van der Waals surface area (Å²) in [6.45, 7) is 11.2. The smallest absolute Gasteiger partial charge is 0.407 e. The Balaban J connectivity index is 0.000000159. The number of alkyl carbamates (subject to hydrolysis) is 1. The lowest BCUT2D eigenvalue weighted by atomic mass is 10.0. The molecule has 370 valence electrons. The predicted molar refractivity (Wildman–Crippen MR) is 274 cm³/mol. The van der Waals surface area contributed by atoms with Crippen molar-refractivity contribution in [2.24, 2.45) is 10.7 Å². The number of nitrogens with zero attached hydrogens (tertiary/aromatic N) is 10. The van der Waals surface area contributed by atoms with Gasteiger partial charge in [-0.3, -0.25) is 24.5 Å². The van der Waals surface area contributed by atoms with E-state index in [9.17, 15) is 14.4 Å². The normalized spacial score (nSPS) is 19.9. The summed E-state index contributed by atoms with van der Waals surface area (Å²) in [6.07, 6.45) is 19.0. The number of aromatic nitrogens is 6. The van der Waals surface area contributed by atoms with Gasteiger partial charge < -0.3 is 35.2 Å². The van der Waals surface area contributed by atoms with E-state index in [4.69, 9.17) is 35.3 Å². The van der Waals surface area contributed by atoms with Crippen molar-refractivity contribution in [3.63, 3.8) is 0 Å². The number of nitrogens with one attached hydrogen (secondary N) is 1. The van der Waals surface area contributed by atoms with Gasteiger partial charge in [-0.15, -0.1) is 0 Å². The topological polar surface area (TPSA) is 199 Å². The number of carbonyl (C=O) groups is 3. The summed E-state index contributed by atoms with van der Waals surface area (Å²) in [6, 6.07) is 12.7. The van der Waals surface area contributed by atoms with E-state index in [1.807, 2.05) is 48.7 Å². The quantitative estimate of drug-likeness (QED) is 0.158. The van der Waals surface area contributed by atoms with Crippen molar-refractivity contribution in [3.05, 3.63) is 82.5 Å². The van der Waals surface area contributed by atoms with Crippen LogP contribution in [0.2, 0.25) is 0 Å². The molecule has 6 aliphatic rings. The van der Waals surface area contributed by atoms with Gasteiger partial charge in [-0.25, -0.2) is 19.4 Å². The molecule has 0 spiro atoms. The average molecular weight is 1020 g/mol. The van der Waals surface area contributed by atoms with Gasteiger partial charge in [0.2, 0.25) is 5.91 Å². The molecule has 0 radical (unpaired) electrons. The van der Waals surface area contributed by atoms with Gasteiger partial charge in [0.25, 0.3) is 0 Å². The van der Waals surface area contributed by atoms with Gasteiger partial charge in [0.15, 0.2) is 6.23 Å². The van der Waals surface area contributed by atoms with Gasteiger partial charge in [0.1, 0.15) is 40.1 Å². The van der Waals surface area contributed by atoms with Crippen LogP contribution in [0.5, 0.6) is 0 Å². The van der Waals surface area contributed by atoms with Crippen LogP contribution in [0.4, 0.5) is 22.1 Å². The summed E-state index contributed by atoms with van der Waals surface area (Å²) in [5.41, 5.74) is 12.9. The highest BCUT2D eigenvalue weighted by Gasteiger charge is 2.29. The van der Waals surface area contributed by atoms with Crippen LogP contribution in [0.1, 0.15) is 127 Å². The molecule has 4 saturated heterocycles. The maximum Gasteiger partial charge on any atom is 0.407 e. The minimum absolute atomic E-state index is 0.0659. The average Bonchev–Trinajstić information content (AvgIpc) is 4.19. The Morgan fingerprint density at radius 1 is 0.800 bits per heavy atom. The minimum Gasteiger partial charge on any atom is -0.444 e. The highest BCUT2D eigenvalue weighted by Crippen LogP contribution is 2.35. The molecule has 5 aromatic rings. The Hall–Kier alpha value is -5.85. The Kier molecular flexibility index (Phi) is 15.5. The summed E-state index contributed by atoms with van der Waals surface area (Å²) in [7, 11) is 0. The largest absolute Gasteiger partial charge is 0.444 e. The monoisotopic (exact) mass is 1020 g/mol. The summed E-state index contributed by atoms with van der Waals surface area (Å²) in [5, 5.41) is 8.98. The molecule has 2 amide bonds. The van der Waals surface area contributed by atoms with E-state index < -0.39 is 5.60 Å². The molecule has 1 atom stereocenters. The van der Waals surface area contributed by atoms with E-state index in [1.54, 1.807) is 18.6 Å². The van der Waals surface area contributed by atoms with Crippen LogP contribution in [0.15, 0.2) is 70.7 Å². The van der Waals surface area contributed by atoms with E-state index >= 15 is 0 Å². The van der Waals surface area contributed by atoms with Crippen molar-refractivity contribution < 1.29 is 23.9 Å². The molecule has 5 fully saturated rings. The summed E-state index contributed by atoms with van der Waals surface area (Å²) >= 11 is 3.61. The highest BCUT2D eigenvalue weighted by atomic mass is 79.9. The molecule has 3 aromatic heterocycles. The van der Waals surface area contributed by atoms with Crippen LogP contribution in [0.3, 0.4) is 0 Å². The van der Waals surface area contributed by atoms with Gasteiger partial charge in [-0.1, -0.05) is 22.0 Å². The van der Waals surface area contributed by atoms with Gasteiger partial charge in [-0.05, 0) is 121 Å². The number of carbonyl (C=O) groups excluding carboxylic acids is 3. The number of rotatable bonds is 7. The zero-order chi connectivity index (χ0) is 48.8. The Bertz CT molecular complexity index is 2690. The molecule has 1 aliphatic carbocycles. The maximum atomic E-state index is 12.1. The molecule has 5 aliphatic heterocycles. The first-order valence-electron chi connectivity index (χ1n) is 25.0. The molecule has 8 heterocycles. The second-order valence-corrected chi connectivity index (χ2v) is 20.8. The summed E-state index contributed by atoms with van der Waals surface area (Å²) < 4.78 is 14.4. The van der Waals surface area contributed by atoms with Crippen molar-refractivity contribution in [3.8, 4) is 11.4 Å². The van der Waals surface area contributed by atoms with Crippen molar-refractivity contribution in [2.75, 3.05) is 54.0 Å². The Labute approximate surface area is 418 Å². The van der Waals surface area contributed by atoms with Crippen molar-refractivity contribution in [2.45, 2.75) is 135 Å². The molecule has 2 aromatic carbocycles. The van der Waals surface area contributed by atoms with Gasteiger partial charge in [0.05, 0.1) is 42.6 Å². The number of aliphatic imine (C=N–C) groups is 1. The number of halogens is 1. The number of nitrogens with two attached hydrogens (primary N) is 1. The number of Topliss-reactive ketones (excluding diaryl/α,β-unsaturated/α-hetero) is 1. The van der Waals surface area contributed by atoms with Crippen LogP contribution >= 0.6 is 15.9 Å². The first-order valence-corrected chi connectivity index (χ1v) is 25.8. The number of hydrogen-bond donors (Lipinski definition) is 2. The number of anilines is 3. The summed E-state index contributed by atoms with van der Waals surface area (Å²) in [5.74, 6) is 2.35. The molecule has 17 nitrogen and oxygen atoms in total. The van der Waals surface area contributed by atoms with Gasteiger partial charge in [0, 0.05) is 91.8 Å². The van der Waals surface area contributed by atoms with Gasteiger partial charge >= 0.3 is 6.09 Å². The molecule has 70 heavy (non-hydrogen) atoms. The number of benzene rings is 2.